The first kappa shape index (κ1) is 23.6. The van der Waals surface area contributed by atoms with E-state index in [0.29, 0.717) is 29.0 Å². The third-order valence-electron chi connectivity index (χ3n) is 6.46. The minimum Gasteiger partial charge on any atom is -0.491 e. The Kier molecular flexibility index (Phi) is 6.20. The Balaban J connectivity index is 1.86. The number of methoxy groups -OCH3 is 1. The van der Waals surface area contributed by atoms with Gasteiger partial charge in [-0.1, -0.05) is 6.07 Å². The highest BCUT2D eigenvalue weighted by molar-refractivity contribution is 5.94. The number of pyridine rings is 1. The molecule has 1 aliphatic heterocycles. The number of hydrogen-bond acceptors (Lipinski definition) is 6. The van der Waals surface area contributed by atoms with Crippen LogP contribution in [0.4, 0.5) is 8.78 Å². The first-order chi connectivity index (χ1) is 17.4. The van der Waals surface area contributed by atoms with Gasteiger partial charge in [0.15, 0.2) is 17.4 Å². The van der Waals surface area contributed by atoms with Gasteiger partial charge < -0.3 is 10.1 Å². The first-order valence-corrected chi connectivity index (χ1v) is 11.6. The van der Waals surface area contributed by atoms with Crippen molar-refractivity contribution < 1.29 is 13.5 Å². The summed E-state index contributed by atoms with van der Waals surface area (Å²) in [4.78, 5) is 23.3. The van der Waals surface area contributed by atoms with E-state index in [0.717, 1.165) is 37.2 Å². The summed E-state index contributed by atoms with van der Waals surface area (Å²) in [5.74, 6) is -2.14. The van der Waals surface area contributed by atoms with Gasteiger partial charge >= 0.3 is 0 Å². The van der Waals surface area contributed by atoms with Crippen LogP contribution >= 0.6 is 0 Å². The van der Waals surface area contributed by atoms with Crippen molar-refractivity contribution in [3.63, 3.8) is 0 Å². The largest absolute Gasteiger partial charge is 0.491 e. The van der Waals surface area contributed by atoms with Crippen molar-refractivity contribution in [3.8, 4) is 28.6 Å². The normalized spacial score (nSPS) is 15.6. The van der Waals surface area contributed by atoms with E-state index < -0.39 is 22.9 Å². The molecule has 0 amide bonds. The lowest BCUT2D eigenvalue weighted by molar-refractivity contribution is 0.359. The molecule has 1 unspecified atom stereocenters. The molecule has 2 aromatic heterocycles. The summed E-state index contributed by atoms with van der Waals surface area (Å²) < 4.78 is 35.4. The maximum Gasteiger partial charge on any atom is 0.266 e. The maximum atomic E-state index is 14.7. The van der Waals surface area contributed by atoms with E-state index >= 15 is 0 Å². The fraction of sp³-hybridized carbons (Fsp3) is 0.259. The smallest absolute Gasteiger partial charge is 0.266 e. The molecule has 182 valence electrons. The van der Waals surface area contributed by atoms with E-state index in [4.69, 9.17) is 9.72 Å². The molecule has 0 bridgehead atoms. The number of nitriles is 1. The second-order valence-corrected chi connectivity index (χ2v) is 8.82. The monoisotopic (exact) mass is 487 g/mol. The molecular formula is C27H23F2N5O2. The Morgan fingerprint density at radius 3 is 2.58 bits per heavy atom. The van der Waals surface area contributed by atoms with Gasteiger partial charge in [0, 0.05) is 47.6 Å². The standard InChI is InChI=1S/C27H23F2N5O2/c1-15-5-6-17(14-32-15)20-8-16(12-30)9-21-24(20)33-26(18-4-3-7-31-13-18)34(27(21)35)19-10-22(28)25(36-2)23(29)11-19/h5-6,8-11,14,18,31H,3-4,7,13H2,1-2H3. The van der Waals surface area contributed by atoms with Crippen LogP contribution in [-0.2, 0) is 0 Å². The molecule has 2 aromatic carbocycles. The summed E-state index contributed by atoms with van der Waals surface area (Å²) in [6, 6.07) is 11.1. The summed E-state index contributed by atoms with van der Waals surface area (Å²) in [7, 11) is 1.18. The molecule has 0 aliphatic carbocycles. The Labute approximate surface area is 206 Å². The maximum absolute atomic E-state index is 14.7. The predicted molar refractivity (Wildman–Crippen MR) is 131 cm³/mol. The zero-order chi connectivity index (χ0) is 25.4. The summed E-state index contributed by atoms with van der Waals surface area (Å²) in [5, 5.41) is 13.2. The average molecular weight is 488 g/mol. The van der Waals surface area contributed by atoms with E-state index in [-0.39, 0.29) is 22.6 Å². The SMILES string of the molecule is COc1c(F)cc(-n2c(C3CCCNC3)nc3c(-c4ccc(C)nc4)cc(C#N)cc3c2=O)cc1F. The Bertz CT molecular complexity index is 1550. The third-order valence-corrected chi connectivity index (χ3v) is 6.46. The molecule has 1 aliphatic rings. The number of fused-ring (bicyclic) bond motifs is 1. The average Bonchev–Trinajstić information content (AvgIpc) is 2.89. The van der Waals surface area contributed by atoms with Crippen molar-refractivity contribution >= 4 is 10.9 Å². The minimum atomic E-state index is -0.926. The van der Waals surface area contributed by atoms with Crippen LogP contribution in [0.15, 0.2) is 47.4 Å². The van der Waals surface area contributed by atoms with E-state index in [1.807, 2.05) is 19.1 Å². The van der Waals surface area contributed by atoms with Crippen LogP contribution in [-0.4, -0.2) is 34.7 Å². The number of aromatic nitrogens is 3. The van der Waals surface area contributed by atoms with Gasteiger partial charge in [-0.05, 0) is 44.5 Å². The molecule has 0 saturated carbocycles. The number of hydrogen-bond donors (Lipinski definition) is 1. The van der Waals surface area contributed by atoms with Crippen LogP contribution in [0.25, 0.3) is 27.7 Å². The number of halogens is 2. The summed E-state index contributed by atoms with van der Waals surface area (Å²) >= 11 is 0. The van der Waals surface area contributed by atoms with Gasteiger partial charge in [-0.2, -0.15) is 5.26 Å². The number of nitrogens with one attached hydrogen (secondary N) is 1. The number of aryl methyl sites for hydroxylation is 1. The second-order valence-electron chi connectivity index (χ2n) is 8.82. The van der Waals surface area contributed by atoms with Crippen LogP contribution in [0.2, 0.25) is 0 Å². The van der Waals surface area contributed by atoms with Crippen LogP contribution in [0.5, 0.6) is 5.75 Å². The number of piperidine rings is 1. The zero-order valence-corrected chi connectivity index (χ0v) is 19.8. The van der Waals surface area contributed by atoms with Crippen LogP contribution in [0, 0.1) is 29.9 Å². The molecular weight excluding hydrogens is 464 g/mol. The zero-order valence-electron chi connectivity index (χ0n) is 19.8. The molecule has 0 spiro atoms. The fourth-order valence-electron chi connectivity index (χ4n) is 4.68. The molecule has 36 heavy (non-hydrogen) atoms. The quantitative estimate of drug-likeness (QED) is 0.459. The lowest BCUT2D eigenvalue weighted by Crippen LogP contribution is -2.34. The van der Waals surface area contributed by atoms with Gasteiger partial charge in [-0.25, -0.2) is 13.8 Å². The van der Waals surface area contributed by atoms with Crippen molar-refractivity contribution in [1.29, 1.82) is 5.26 Å². The van der Waals surface area contributed by atoms with Crippen molar-refractivity contribution in [1.82, 2.24) is 19.9 Å². The highest BCUT2D eigenvalue weighted by Gasteiger charge is 2.26. The highest BCUT2D eigenvalue weighted by atomic mass is 19.1. The van der Waals surface area contributed by atoms with Crippen molar-refractivity contribution in [2.75, 3.05) is 20.2 Å². The summed E-state index contributed by atoms with van der Waals surface area (Å²) in [6.07, 6.45) is 3.30. The second kappa shape index (κ2) is 9.47. The Morgan fingerprint density at radius 2 is 1.97 bits per heavy atom. The molecule has 1 N–H and O–H groups in total. The molecule has 5 rings (SSSR count). The van der Waals surface area contributed by atoms with Gasteiger partial charge in [0.25, 0.3) is 5.56 Å². The van der Waals surface area contributed by atoms with Gasteiger partial charge in [0.05, 0.1) is 35.3 Å². The lowest BCUT2D eigenvalue weighted by Gasteiger charge is -2.26. The van der Waals surface area contributed by atoms with Gasteiger partial charge in [-0.15, -0.1) is 0 Å². The van der Waals surface area contributed by atoms with Crippen molar-refractivity contribution in [2.24, 2.45) is 0 Å². The van der Waals surface area contributed by atoms with Gasteiger partial charge in [-0.3, -0.25) is 14.3 Å². The molecule has 3 heterocycles. The first-order valence-electron chi connectivity index (χ1n) is 11.6. The summed E-state index contributed by atoms with van der Waals surface area (Å²) in [5.41, 5.74) is 2.31. The van der Waals surface area contributed by atoms with Crippen molar-refractivity contribution in [3.05, 3.63) is 81.7 Å². The molecule has 0 radical (unpaired) electrons. The lowest BCUT2D eigenvalue weighted by atomic mass is 9.96. The van der Waals surface area contributed by atoms with E-state index in [1.165, 1.54) is 17.7 Å². The molecule has 7 nitrogen and oxygen atoms in total. The van der Waals surface area contributed by atoms with E-state index in [1.54, 1.807) is 12.3 Å². The number of benzene rings is 2. The summed E-state index contributed by atoms with van der Waals surface area (Å²) in [6.45, 7) is 3.27. The van der Waals surface area contributed by atoms with Crippen LogP contribution in [0.3, 0.4) is 0 Å². The minimum absolute atomic E-state index is 0.00619. The number of ether oxygens (including phenoxy) is 1. The van der Waals surface area contributed by atoms with Crippen molar-refractivity contribution in [2.45, 2.75) is 25.7 Å². The predicted octanol–water partition coefficient (Wildman–Crippen LogP) is 4.38. The van der Waals surface area contributed by atoms with E-state index in [9.17, 15) is 18.8 Å². The molecule has 1 fully saturated rings. The number of rotatable bonds is 4. The van der Waals surface area contributed by atoms with Gasteiger partial charge in [0.1, 0.15) is 5.82 Å². The van der Waals surface area contributed by atoms with E-state index in [2.05, 4.69) is 16.4 Å². The highest BCUT2D eigenvalue weighted by Crippen LogP contribution is 2.32. The molecule has 9 heteroatoms. The molecule has 1 atom stereocenters. The molecule has 1 saturated heterocycles. The van der Waals surface area contributed by atoms with Crippen LogP contribution < -0.4 is 15.6 Å². The Hall–Kier alpha value is -4.16. The number of nitrogens with zero attached hydrogens (tertiary/aromatic N) is 4. The third kappa shape index (κ3) is 4.10. The topological polar surface area (TPSA) is 92.8 Å². The van der Waals surface area contributed by atoms with Gasteiger partial charge in [0.2, 0.25) is 0 Å². The van der Waals surface area contributed by atoms with Crippen LogP contribution in [0.1, 0.15) is 35.8 Å². The Morgan fingerprint density at radius 1 is 1.19 bits per heavy atom. The molecule has 4 aromatic rings. The fourth-order valence-corrected chi connectivity index (χ4v) is 4.68.